The fourth-order valence-corrected chi connectivity index (χ4v) is 6.06. The first-order valence-electron chi connectivity index (χ1n) is 14.4. The number of amides is 2. The molecule has 5 rings (SSSR count). The second-order valence-corrected chi connectivity index (χ2v) is 11.6. The van der Waals surface area contributed by atoms with Crippen molar-refractivity contribution in [1.29, 1.82) is 5.26 Å². The van der Waals surface area contributed by atoms with Gasteiger partial charge < -0.3 is 24.9 Å². The maximum atomic E-state index is 13.4. The van der Waals surface area contributed by atoms with Gasteiger partial charge in [0, 0.05) is 68.9 Å². The van der Waals surface area contributed by atoms with Gasteiger partial charge in [-0.2, -0.15) is 10.4 Å². The first-order valence-corrected chi connectivity index (χ1v) is 14.8. The number of carbonyl (C=O) groups excluding carboxylic acids is 2. The van der Waals surface area contributed by atoms with Gasteiger partial charge in [-0.25, -0.2) is 4.98 Å². The molecular weight excluding hydrogens is 566 g/mol. The average Bonchev–Trinajstić information content (AvgIpc) is 3.44. The molecule has 0 aliphatic carbocycles. The van der Waals surface area contributed by atoms with Crippen LogP contribution in [-0.4, -0.2) is 96.2 Å². The number of pyridine rings is 1. The highest BCUT2D eigenvalue weighted by Crippen LogP contribution is 2.39. The molecule has 2 amide bonds. The first kappa shape index (κ1) is 31.8. The summed E-state index contributed by atoms with van der Waals surface area (Å²) in [6, 6.07) is 5.65. The topological polar surface area (TPSA) is 124 Å². The Morgan fingerprint density at radius 2 is 1.93 bits per heavy atom. The van der Waals surface area contributed by atoms with Crippen molar-refractivity contribution >= 4 is 45.7 Å². The molecule has 11 nitrogen and oxygen atoms in total. The van der Waals surface area contributed by atoms with Gasteiger partial charge >= 0.3 is 0 Å². The predicted octanol–water partition coefficient (Wildman–Crippen LogP) is 3.53. The minimum Gasteiger partial charge on any atom is -0.368 e. The number of carbonyl (C=O) groups is 2. The summed E-state index contributed by atoms with van der Waals surface area (Å²) in [5, 5.41) is 19.4. The molecule has 2 aliphatic heterocycles. The lowest BCUT2D eigenvalue weighted by atomic mass is 9.99. The Morgan fingerprint density at radius 1 is 1.23 bits per heavy atom. The minimum atomic E-state index is -0.193. The number of aromatic nitrogens is 3. The van der Waals surface area contributed by atoms with Crippen molar-refractivity contribution in [2.45, 2.75) is 39.8 Å². The molecular formula is C31H40ClN9O2. The molecule has 3 aromatic rings. The number of nitriles is 1. The van der Waals surface area contributed by atoms with Crippen LogP contribution in [0.3, 0.4) is 0 Å². The average molecular weight is 606 g/mol. The molecule has 12 heteroatoms. The molecule has 1 atom stereocenters. The van der Waals surface area contributed by atoms with Crippen LogP contribution in [0, 0.1) is 18.3 Å². The smallest absolute Gasteiger partial charge is 0.270 e. The third-order valence-corrected chi connectivity index (χ3v) is 8.15. The monoisotopic (exact) mass is 605 g/mol. The van der Waals surface area contributed by atoms with Gasteiger partial charge in [0.15, 0.2) is 0 Å². The number of nitrogens with zero attached hydrogens (tertiary/aromatic N) is 7. The van der Waals surface area contributed by atoms with Crippen LogP contribution in [-0.2, 0) is 17.8 Å². The van der Waals surface area contributed by atoms with E-state index in [1.54, 1.807) is 6.07 Å². The Labute approximate surface area is 258 Å². The predicted molar refractivity (Wildman–Crippen MR) is 171 cm³/mol. The number of aromatic amines is 1. The fourth-order valence-electron chi connectivity index (χ4n) is 5.79. The zero-order valence-electron chi connectivity index (χ0n) is 25.6. The first-order chi connectivity index (χ1) is 20.6. The number of benzene rings is 1. The number of piperazine rings is 1. The second-order valence-electron chi connectivity index (χ2n) is 11.2. The lowest BCUT2D eigenvalue weighted by molar-refractivity contribution is -0.126. The largest absolute Gasteiger partial charge is 0.368 e. The SMILES string of the molecule is C=CC(=O)N1CCN(c2cc(C(=O)NC(C)CN(C)C)nc3c2CCN(c2c(Cl)c(C)cc4[nH]ncc24)C3)CC1.CC#N. The summed E-state index contributed by atoms with van der Waals surface area (Å²) in [6.45, 7) is 13.6. The number of H-pyrrole nitrogens is 1. The van der Waals surface area contributed by atoms with Crippen LogP contribution in [0.4, 0.5) is 11.4 Å². The van der Waals surface area contributed by atoms with E-state index in [1.807, 2.05) is 56.1 Å². The summed E-state index contributed by atoms with van der Waals surface area (Å²) in [5.74, 6) is -0.246. The van der Waals surface area contributed by atoms with Crippen molar-refractivity contribution in [1.82, 2.24) is 30.3 Å². The maximum Gasteiger partial charge on any atom is 0.270 e. The number of likely N-dealkylation sites (N-methyl/N-ethyl adjacent to an activating group) is 1. The standard InChI is InChI=1S/C29H37ClN8O2.C2H3N/c1-6-26(39)37-11-9-36(10-12-37)25-14-23(29(40)32-19(3)16-35(4)5)33-24-17-38(8-7-20(24)25)28-21-15-31-34-22(21)13-18(2)27(28)30;1-2-3/h6,13-15,19H,1,7-12,16-17H2,2-5H3,(H,31,34)(H,32,40);1H3. The van der Waals surface area contributed by atoms with E-state index in [9.17, 15) is 9.59 Å². The van der Waals surface area contributed by atoms with Crippen molar-refractivity contribution in [2.75, 3.05) is 63.2 Å². The zero-order valence-corrected chi connectivity index (χ0v) is 26.3. The highest BCUT2D eigenvalue weighted by atomic mass is 35.5. The molecule has 0 radical (unpaired) electrons. The molecule has 2 aromatic heterocycles. The van der Waals surface area contributed by atoms with Crippen LogP contribution in [0.15, 0.2) is 31.0 Å². The zero-order chi connectivity index (χ0) is 31.3. The van der Waals surface area contributed by atoms with E-state index in [-0.39, 0.29) is 17.9 Å². The lowest BCUT2D eigenvalue weighted by Crippen LogP contribution is -2.49. The van der Waals surface area contributed by atoms with Crippen molar-refractivity contribution < 1.29 is 9.59 Å². The normalized spacial score (nSPS) is 15.3. The van der Waals surface area contributed by atoms with Crippen LogP contribution >= 0.6 is 11.6 Å². The summed E-state index contributed by atoms with van der Waals surface area (Å²) in [6.07, 6.45) is 3.93. The number of anilines is 2. The van der Waals surface area contributed by atoms with Gasteiger partial charge in [0.1, 0.15) is 5.69 Å². The minimum absolute atomic E-state index is 0.0331. The number of nitrogens with one attached hydrogen (secondary N) is 2. The van der Waals surface area contributed by atoms with Gasteiger partial charge in [-0.1, -0.05) is 18.2 Å². The maximum absolute atomic E-state index is 13.4. The fraction of sp³-hybridized carbons (Fsp3) is 0.452. The lowest BCUT2D eigenvalue weighted by Gasteiger charge is -2.39. The molecule has 0 bridgehead atoms. The van der Waals surface area contributed by atoms with E-state index in [1.165, 1.54) is 13.0 Å². The van der Waals surface area contributed by atoms with Gasteiger partial charge in [-0.05, 0) is 58.1 Å². The van der Waals surface area contributed by atoms with E-state index < -0.39 is 0 Å². The molecule has 2 N–H and O–H groups in total. The number of aryl methyl sites for hydroxylation is 1. The van der Waals surface area contributed by atoms with Crippen molar-refractivity contribution in [3.05, 3.63) is 58.5 Å². The third-order valence-electron chi connectivity index (χ3n) is 7.67. The molecule has 1 aromatic carbocycles. The summed E-state index contributed by atoms with van der Waals surface area (Å²) < 4.78 is 0. The van der Waals surface area contributed by atoms with E-state index in [2.05, 4.69) is 31.9 Å². The van der Waals surface area contributed by atoms with Crippen molar-refractivity contribution in [3.63, 3.8) is 0 Å². The van der Waals surface area contributed by atoms with E-state index in [4.69, 9.17) is 21.8 Å². The van der Waals surface area contributed by atoms with E-state index >= 15 is 0 Å². The molecule has 2 aliphatic rings. The summed E-state index contributed by atoms with van der Waals surface area (Å²) >= 11 is 6.85. The van der Waals surface area contributed by atoms with Gasteiger partial charge in [0.2, 0.25) is 5.91 Å². The quantitative estimate of drug-likeness (QED) is 0.392. The highest BCUT2D eigenvalue weighted by molar-refractivity contribution is 6.35. The molecule has 1 unspecified atom stereocenters. The van der Waals surface area contributed by atoms with E-state index in [0.29, 0.717) is 43.4 Å². The molecule has 228 valence electrons. The highest BCUT2D eigenvalue weighted by Gasteiger charge is 2.30. The number of halogens is 1. The number of hydrogen-bond donors (Lipinski definition) is 2. The Balaban J connectivity index is 0.00000135. The van der Waals surface area contributed by atoms with Crippen LogP contribution < -0.4 is 15.1 Å². The number of hydrogen-bond acceptors (Lipinski definition) is 8. The molecule has 43 heavy (non-hydrogen) atoms. The van der Waals surface area contributed by atoms with E-state index in [0.717, 1.165) is 58.6 Å². The van der Waals surface area contributed by atoms with Gasteiger partial charge in [0.05, 0.1) is 40.7 Å². The molecule has 0 saturated carbocycles. The molecule has 1 saturated heterocycles. The Kier molecular flexibility index (Phi) is 10.3. The Hall–Kier alpha value is -4.14. The second kappa shape index (κ2) is 13.9. The Morgan fingerprint density at radius 3 is 2.58 bits per heavy atom. The van der Waals surface area contributed by atoms with Crippen LogP contribution in [0.1, 0.15) is 41.2 Å². The number of rotatable bonds is 7. The molecule has 0 spiro atoms. The third kappa shape index (κ3) is 7.09. The van der Waals surface area contributed by atoms with Crippen LogP contribution in [0.5, 0.6) is 0 Å². The van der Waals surface area contributed by atoms with Gasteiger partial charge in [0.25, 0.3) is 5.91 Å². The molecule has 1 fully saturated rings. The Bertz CT molecular complexity index is 1540. The van der Waals surface area contributed by atoms with Crippen molar-refractivity contribution in [3.8, 4) is 6.07 Å². The molecule has 4 heterocycles. The summed E-state index contributed by atoms with van der Waals surface area (Å²) in [5.41, 5.74) is 6.27. The summed E-state index contributed by atoms with van der Waals surface area (Å²) in [4.78, 5) is 38.8. The van der Waals surface area contributed by atoms with Gasteiger partial charge in [-0.15, -0.1) is 0 Å². The number of fused-ring (bicyclic) bond motifs is 2. The van der Waals surface area contributed by atoms with Crippen molar-refractivity contribution in [2.24, 2.45) is 0 Å². The van der Waals surface area contributed by atoms with Crippen LogP contribution in [0.25, 0.3) is 10.9 Å². The van der Waals surface area contributed by atoms with Crippen LogP contribution in [0.2, 0.25) is 5.02 Å². The summed E-state index contributed by atoms with van der Waals surface area (Å²) in [7, 11) is 3.97. The van der Waals surface area contributed by atoms with Gasteiger partial charge in [-0.3, -0.25) is 14.7 Å².